The monoisotopic (exact) mass is 249 g/mol. The van der Waals surface area contributed by atoms with Crippen LogP contribution in [0.5, 0.6) is 0 Å². The Balaban J connectivity index is 1.98. The number of likely N-dealkylation sites (tertiary alicyclic amines) is 1. The number of amides is 1. The van der Waals surface area contributed by atoms with Gasteiger partial charge >= 0.3 is 0 Å². The summed E-state index contributed by atoms with van der Waals surface area (Å²) >= 11 is 0. The van der Waals surface area contributed by atoms with Crippen LogP contribution in [0.2, 0.25) is 0 Å². The molecule has 98 valence electrons. The summed E-state index contributed by atoms with van der Waals surface area (Å²) in [6, 6.07) is 3.43. The van der Waals surface area contributed by atoms with Crippen LogP contribution in [0.1, 0.15) is 30.3 Å². The summed E-state index contributed by atoms with van der Waals surface area (Å²) in [4.78, 5) is 18.1. The number of carbonyl (C=O) groups is 1. The molecule has 0 aliphatic carbocycles. The van der Waals surface area contributed by atoms with E-state index in [0.29, 0.717) is 24.5 Å². The van der Waals surface area contributed by atoms with Crippen LogP contribution in [0.4, 0.5) is 5.69 Å². The minimum Gasteiger partial charge on any atom is -0.397 e. The van der Waals surface area contributed by atoms with E-state index in [2.05, 4.69) is 4.98 Å². The average molecular weight is 249 g/mol. The van der Waals surface area contributed by atoms with E-state index in [0.717, 1.165) is 19.4 Å². The molecule has 0 spiro atoms. The quantitative estimate of drug-likeness (QED) is 0.876. The van der Waals surface area contributed by atoms with Gasteiger partial charge in [-0.3, -0.25) is 4.79 Å². The Kier molecular flexibility index (Phi) is 4.15. The Labute approximate surface area is 107 Å². The van der Waals surface area contributed by atoms with E-state index in [1.807, 2.05) is 6.92 Å². The zero-order valence-corrected chi connectivity index (χ0v) is 10.6. The second kappa shape index (κ2) is 5.82. The van der Waals surface area contributed by atoms with E-state index >= 15 is 0 Å². The Morgan fingerprint density at radius 1 is 1.56 bits per heavy atom. The third kappa shape index (κ3) is 2.79. The Morgan fingerprint density at radius 3 is 2.89 bits per heavy atom. The lowest BCUT2D eigenvalue weighted by Gasteiger charge is -2.31. The van der Waals surface area contributed by atoms with Crippen LogP contribution in [0, 0.1) is 0 Å². The number of nitrogens with zero attached hydrogens (tertiary/aromatic N) is 2. The molecule has 2 heterocycles. The summed E-state index contributed by atoms with van der Waals surface area (Å²) in [5.41, 5.74) is 6.56. The number of anilines is 1. The topological polar surface area (TPSA) is 68.5 Å². The first-order valence-electron chi connectivity index (χ1n) is 6.33. The molecule has 2 rings (SSSR count). The van der Waals surface area contributed by atoms with Gasteiger partial charge in [-0.15, -0.1) is 0 Å². The predicted octanol–water partition coefficient (Wildman–Crippen LogP) is 1.30. The number of hydrogen-bond acceptors (Lipinski definition) is 4. The van der Waals surface area contributed by atoms with Crippen LogP contribution >= 0.6 is 0 Å². The number of ether oxygens (including phenoxy) is 1. The Bertz CT molecular complexity index is 414. The molecule has 1 aromatic heterocycles. The van der Waals surface area contributed by atoms with E-state index in [-0.39, 0.29) is 12.0 Å². The van der Waals surface area contributed by atoms with Gasteiger partial charge in [-0.25, -0.2) is 4.98 Å². The zero-order chi connectivity index (χ0) is 13.0. The van der Waals surface area contributed by atoms with Crippen molar-refractivity contribution in [3.8, 4) is 0 Å². The smallest absolute Gasteiger partial charge is 0.274 e. The predicted molar refractivity (Wildman–Crippen MR) is 69.2 cm³/mol. The van der Waals surface area contributed by atoms with Gasteiger partial charge in [0, 0.05) is 25.9 Å². The van der Waals surface area contributed by atoms with E-state index in [4.69, 9.17) is 10.5 Å². The van der Waals surface area contributed by atoms with Crippen molar-refractivity contribution < 1.29 is 9.53 Å². The van der Waals surface area contributed by atoms with Crippen molar-refractivity contribution in [2.75, 3.05) is 25.4 Å². The number of rotatable bonds is 3. The van der Waals surface area contributed by atoms with E-state index in [1.165, 1.54) is 0 Å². The second-order valence-corrected chi connectivity index (χ2v) is 4.39. The Hall–Kier alpha value is -1.62. The van der Waals surface area contributed by atoms with Crippen LogP contribution in [0.25, 0.3) is 0 Å². The fourth-order valence-corrected chi connectivity index (χ4v) is 2.21. The number of nitrogens with two attached hydrogens (primary N) is 1. The highest BCUT2D eigenvalue weighted by Gasteiger charge is 2.25. The molecule has 5 nitrogen and oxygen atoms in total. The van der Waals surface area contributed by atoms with Gasteiger partial charge in [0.05, 0.1) is 11.8 Å². The lowest BCUT2D eigenvalue weighted by Crippen LogP contribution is -2.41. The first-order valence-corrected chi connectivity index (χ1v) is 6.33. The number of carbonyl (C=O) groups excluding carboxylic acids is 1. The van der Waals surface area contributed by atoms with E-state index < -0.39 is 0 Å². The maximum absolute atomic E-state index is 12.2. The SMILES string of the molecule is CCOC1CCN(C(=O)c2ncccc2N)CC1. The molecule has 1 saturated heterocycles. The maximum atomic E-state index is 12.2. The van der Waals surface area contributed by atoms with Crippen molar-refractivity contribution in [2.24, 2.45) is 0 Å². The molecule has 0 bridgehead atoms. The second-order valence-electron chi connectivity index (χ2n) is 4.39. The van der Waals surface area contributed by atoms with Gasteiger partial charge in [0.2, 0.25) is 0 Å². The van der Waals surface area contributed by atoms with Crippen LogP contribution in [-0.2, 0) is 4.74 Å². The fourth-order valence-electron chi connectivity index (χ4n) is 2.21. The van der Waals surface area contributed by atoms with Crippen LogP contribution in [-0.4, -0.2) is 41.6 Å². The fraction of sp³-hybridized carbons (Fsp3) is 0.538. The van der Waals surface area contributed by atoms with Crippen molar-refractivity contribution in [1.82, 2.24) is 9.88 Å². The molecule has 5 heteroatoms. The number of aromatic nitrogens is 1. The van der Waals surface area contributed by atoms with Gasteiger partial charge < -0.3 is 15.4 Å². The number of nitrogen functional groups attached to an aromatic ring is 1. The normalized spacial score (nSPS) is 16.8. The molecule has 1 aromatic rings. The van der Waals surface area contributed by atoms with Gasteiger partial charge in [-0.1, -0.05) is 0 Å². The molecule has 18 heavy (non-hydrogen) atoms. The highest BCUT2D eigenvalue weighted by atomic mass is 16.5. The van der Waals surface area contributed by atoms with Crippen molar-refractivity contribution in [1.29, 1.82) is 0 Å². The standard InChI is InChI=1S/C13H19N3O2/c1-2-18-10-5-8-16(9-6-10)13(17)12-11(14)4-3-7-15-12/h3-4,7,10H,2,5-6,8-9,14H2,1H3. The van der Waals surface area contributed by atoms with Gasteiger partial charge in [0.1, 0.15) is 0 Å². The van der Waals surface area contributed by atoms with Crippen molar-refractivity contribution in [3.63, 3.8) is 0 Å². The molecule has 1 aliphatic rings. The highest BCUT2D eigenvalue weighted by Crippen LogP contribution is 2.17. The largest absolute Gasteiger partial charge is 0.397 e. The summed E-state index contributed by atoms with van der Waals surface area (Å²) < 4.78 is 5.56. The molecular formula is C13H19N3O2. The lowest BCUT2D eigenvalue weighted by molar-refractivity contribution is 0.0144. The highest BCUT2D eigenvalue weighted by molar-refractivity contribution is 5.97. The molecular weight excluding hydrogens is 230 g/mol. The Morgan fingerprint density at radius 2 is 2.28 bits per heavy atom. The third-order valence-corrected chi connectivity index (χ3v) is 3.17. The summed E-state index contributed by atoms with van der Waals surface area (Å²) in [6.45, 7) is 4.14. The zero-order valence-electron chi connectivity index (χ0n) is 10.6. The molecule has 0 saturated carbocycles. The molecule has 1 amide bonds. The summed E-state index contributed by atoms with van der Waals surface area (Å²) in [6.07, 6.45) is 3.63. The van der Waals surface area contributed by atoms with Crippen LogP contribution in [0.15, 0.2) is 18.3 Å². The summed E-state index contributed by atoms with van der Waals surface area (Å²) in [7, 11) is 0. The van der Waals surface area contributed by atoms with Crippen LogP contribution < -0.4 is 5.73 Å². The molecule has 2 N–H and O–H groups in total. The number of piperidine rings is 1. The maximum Gasteiger partial charge on any atom is 0.274 e. The molecule has 0 radical (unpaired) electrons. The summed E-state index contributed by atoms with van der Waals surface area (Å²) in [5, 5.41) is 0. The molecule has 0 aromatic carbocycles. The number of hydrogen-bond donors (Lipinski definition) is 1. The first kappa shape index (κ1) is 12.8. The van der Waals surface area contributed by atoms with Crippen molar-refractivity contribution in [2.45, 2.75) is 25.9 Å². The van der Waals surface area contributed by atoms with Gasteiger partial charge in [-0.2, -0.15) is 0 Å². The van der Waals surface area contributed by atoms with Crippen molar-refractivity contribution in [3.05, 3.63) is 24.0 Å². The average Bonchev–Trinajstić information content (AvgIpc) is 2.40. The third-order valence-electron chi connectivity index (χ3n) is 3.17. The van der Waals surface area contributed by atoms with E-state index in [1.54, 1.807) is 23.2 Å². The van der Waals surface area contributed by atoms with Crippen LogP contribution in [0.3, 0.4) is 0 Å². The van der Waals surface area contributed by atoms with Crippen molar-refractivity contribution >= 4 is 11.6 Å². The molecule has 0 unspecified atom stereocenters. The number of pyridine rings is 1. The van der Waals surface area contributed by atoms with Gasteiger partial charge in [0.15, 0.2) is 5.69 Å². The van der Waals surface area contributed by atoms with Gasteiger partial charge in [-0.05, 0) is 31.9 Å². The minimum atomic E-state index is -0.0805. The lowest BCUT2D eigenvalue weighted by atomic mass is 10.1. The molecule has 1 fully saturated rings. The van der Waals surface area contributed by atoms with Gasteiger partial charge in [0.25, 0.3) is 5.91 Å². The van der Waals surface area contributed by atoms with E-state index in [9.17, 15) is 4.79 Å². The molecule has 0 atom stereocenters. The minimum absolute atomic E-state index is 0.0805. The first-order chi connectivity index (χ1) is 8.72. The summed E-state index contributed by atoms with van der Waals surface area (Å²) in [5.74, 6) is -0.0805. The molecule has 1 aliphatic heterocycles.